The van der Waals surface area contributed by atoms with Crippen LogP contribution in [0.2, 0.25) is 5.02 Å². The molecule has 0 aromatic heterocycles. The van der Waals surface area contributed by atoms with Gasteiger partial charge in [-0.3, -0.25) is 15.5 Å². The molecule has 19 heavy (non-hydrogen) atoms. The number of nitro groups is 1. The highest BCUT2D eigenvalue weighted by atomic mass is 35.5. The quantitative estimate of drug-likeness (QED) is 0.512. The molecule has 1 N–H and O–H groups in total. The molecule has 2 rings (SSSR count). The number of para-hydroxylation sites is 1. The summed E-state index contributed by atoms with van der Waals surface area (Å²) in [5, 5.41) is 18.3. The van der Waals surface area contributed by atoms with E-state index in [1.54, 1.807) is 0 Å². The van der Waals surface area contributed by atoms with Crippen LogP contribution in [0.5, 0.6) is 0 Å². The van der Waals surface area contributed by atoms with Gasteiger partial charge in [0, 0.05) is 12.1 Å². The summed E-state index contributed by atoms with van der Waals surface area (Å²) in [6.07, 6.45) is 0. The molecular formula is C12H9ClN4O2. The van der Waals surface area contributed by atoms with Gasteiger partial charge in [-0.05, 0) is 18.2 Å². The van der Waals surface area contributed by atoms with E-state index in [4.69, 9.17) is 11.6 Å². The van der Waals surface area contributed by atoms with Crippen LogP contribution in [-0.2, 0) is 0 Å². The van der Waals surface area contributed by atoms with Crippen molar-refractivity contribution in [2.24, 2.45) is 10.3 Å². The Kier molecular flexibility index (Phi) is 4.04. The van der Waals surface area contributed by atoms with Crippen LogP contribution in [0.3, 0.4) is 0 Å². The first-order chi connectivity index (χ1) is 9.16. The fourth-order valence-electron chi connectivity index (χ4n) is 1.34. The summed E-state index contributed by atoms with van der Waals surface area (Å²) in [5.41, 5.74) is 3.78. The molecule has 96 valence electrons. The van der Waals surface area contributed by atoms with E-state index in [9.17, 15) is 10.1 Å². The van der Waals surface area contributed by atoms with E-state index >= 15 is 0 Å². The lowest BCUT2D eigenvalue weighted by Crippen LogP contribution is -1.87. The predicted molar refractivity (Wildman–Crippen MR) is 72.7 cm³/mol. The SMILES string of the molecule is O=[N+]([O-])c1ccc(N=NNc2ccccc2)c(Cl)c1. The van der Waals surface area contributed by atoms with Crippen LogP contribution >= 0.6 is 11.6 Å². The van der Waals surface area contributed by atoms with Crippen LogP contribution in [0.25, 0.3) is 0 Å². The number of hydrogen-bond acceptors (Lipinski definition) is 4. The van der Waals surface area contributed by atoms with Crippen LogP contribution in [0.4, 0.5) is 17.1 Å². The molecule has 6 nitrogen and oxygen atoms in total. The largest absolute Gasteiger partial charge is 0.271 e. The Labute approximate surface area is 113 Å². The maximum atomic E-state index is 10.5. The van der Waals surface area contributed by atoms with Gasteiger partial charge < -0.3 is 0 Å². The van der Waals surface area contributed by atoms with Crippen LogP contribution in [0.1, 0.15) is 0 Å². The van der Waals surface area contributed by atoms with Crippen LogP contribution < -0.4 is 5.43 Å². The zero-order chi connectivity index (χ0) is 13.7. The van der Waals surface area contributed by atoms with Crippen molar-refractivity contribution in [2.45, 2.75) is 0 Å². The van der Waals surface area contributed by atoms with Crippen molar-refractivity contribution in [3.05, 3.63) is 63.7 Å². The number of non-ortho nitro benzene ring substituents is 1. The molecule has 0 spiro atoms. The molecule has 2 aromatic rings. The number of nitrogens with zero attached hydrogens (tertiary/aromatic N) is 3. The molecule has 0 bridgehead atoms. The second kappa shape index (κ2) is 5.92. The van der Waals surface area contributed by atoms with E-state index in [-0.39, 0.29) is 10.7 Å². The van der Waals surface area contributed by atoms with Crippen molar-refractivity contribution in [2.75, 3.05) is 5.43 Å². The number of halogens is 1. The minimum Gasteiger partial charge on any atom is -0.260 e. The predicted octanol–water partition coefficient (Wildman–Crippen LogP) is 4.36. The molecule has 0 aliphatic heterocycles. The fourth-order valence-corrected chi connectivity index (χ4v) is 1.55. The highest BCUT2D eigenvalue weighted by molar-refractivity contribution is 6.33. The zero-order valence-electron chi connectivity index (χ0n) is 9.65. The van der Waals surface area contributed by atoms with Crippen LogP contribution in [-0.4, -0.2) is 4.92 Å². The van der Waals surface area contributed by atoms with Gasteiger partial charge in [0.2, 0.25) is 0 Å². The maximum Gasteiger partial charge on any atom is 0.271 e. The third-order valence-corrected chi connectivity index (χ3v) is 2.56. The third-order valence-electron chi connectivity index (χ3n) is 2.25. The summed E-state index contributed by atoms with van der Waals surface area (Å²) in [5.74, 6) is 0. The summed E-state index contributed by atoms with van der Waals surface area (Å²) < 4.78 is 0. The van der Waals surface area contributed by atoms with Gasteiger partial charge in [-0.25, -0.2) is 0 Å². The Morgan fingerprint density at radius 2 is 1.89 bits per heavy atom. The lowest BCUT2D eigenvalue weighted by Gasteiger charge is -1.99. The number of nitrogens with one attached hydrogen (secondary N) is 1. The third kappa shape index (κ3) is 3.49. The summed E-state index contributed by atoms with van der Waals surface area (Å²) in [7, 11) is 0. The number of benzene rings is 2. The highest BCUT2D eigenvalue weighted by Crippen LogP contribution is 2.29. The van der Waals surface area contributed by atoms with E-state index in [1.807, 2.05) is 30.3 Å². The minimum absolute atomic E-state index is 0.0834. The first-order valence-corrected chi connectivity index (χ1v) is 5.70. The number of hydrogen-bond donors (Lipinski definition) is 1. The Morgan fingerprint density at radius 1 is 1.16 bits per heavy atom. The Morgan fingerprint density at radius 3 is 2.53 bits per heavy atom. The van der Waals surface area contributed by atoms with Gasteiger partial charge in [-0.2, -0.15) is 0 Å². The molecule has 7 heteroatoms. The molecule has 2 aromatic carbocycles. The fraction of sp³-hybridized carbons (Fsp3) is 0. The average molecular weight is 277 g/mol. The molecule has 0 heterocycles. The summed E-state index contributed by atoms with van der Waals surface area (Å²) >= 11 is 5.87. The van der Waals surface area contributed by atoms with Gasteiger partial charge in [0.05, 0.1) is 15.6 Å². The smallest absolute Gasteiger partial charge is 0.260 e. The number of rotatable bonds is 4. The Balaban J connectivity index is 2.09. The van der Waals surface area contributed by atoms with Crippen LogP contribution in [0.15, 0.2) is 58.9 Å². The van der Waals surface area contributed by atoms with E-state index < -0.39 is 4.92 Å². The molecule has 0 aliphatic carbocycles. The van der Waals surface area contributed by atoms with E-state index in [0.717, 1.165) is 5.69 Å². The first kappa shape index (κ1) is 13.0. The molecule has 0 atom stereocenters. The lowest BCUT2D eigenvalue weighted by atomic mass is 10.3. The monoisotopic (exact) mass is 276 g/mol. The number of nitro benzene ring substituents is 1. The van der Waals surface area contributed by atoms with Crippen molar-refractivity contribution >= 4 is 28.7 Å². The summed E-state index contributed by atoms with van der Waals surface area (Å²) in [6, 6.07) is 13.3. The second-order valence-electron chi connectivity index (χ2n) is 3.57. The summed E-state index contributed by atoms with van der Waals surface area (Å²) in [4.78, 5) is 10.0. The van der Waals surface area contributed by atoms with Crippen LogP contribution in [0, 0.1) is 10.1 Å². The van der Waals surface area contributed by atoms with Gasteiger partial charge in [0.15, 0.2) is 0 Å². The van der Waals surface area contributed by atoms with Gasteiger partial charge in [0.1, 0.15) is 5.69 Å². The Bertz CT molecular complexity index is 616. The van der Waals surface area contributed by atoms with Crippen molar-refractivity contribution in [3.8, 4) is 0 Å². The molecule has 0 saturated heterocycles. The van der Waals surface area contributed by atoms with E-state index in [0.29, 0.717) is 5.69 Å². The topological polar surface area (TPSA) is 79.9 Å². The number of anilines is 1. The van der Waals surface area contributed by atoms with Crippen molar-refractivity contribution in [3.63, 3.8) is 0 Å². The maximum absolute atomic E-state index is 10.5. The van der Waals surface area contributed by atoms with Gasteiger partial charge in [-0.15, -0.1) is 5.11 Å². The lowest BCUT2D eigenvalue weighted by molar-refractivity contribution is -0.384. The highest BCUT2D eigenvalue weighted by Gasteiger charge is 2.08. The molecule has 0 saturated carbocycles. The van der Waals surface area contributed by atoms with Crippen molar-refractivity contribution in [1.82, 2.24) is 0 Å². The van der Waals surface area contributed by atoms with Crippen molar-refractivity contribution in [1.29, 1.82) is 0 Å². The van der Waals surface area contributed by atoms with E-state index in [2.05, 4.69) is 15.8 Å². The summed E-state index contributed by atoms with van der Waals surface area (Å²) in [6.45, 7) is 0. The van der Waals surface area contributed by atoms with Gasteiger partial charge >= 0.3 is 0 Å². The van der Waals surface area contributed by atoms with Gasteiger partial charge in [0.25, 0.3) is 5.69 Å². The Hall–Kier alpha value is -2.47. The molecule has 0 fully saturated rings. The standard InChI is InChI=1S/C12H9ClN4O2/c13-11-8-10(17(18)19)6-7-12(11)15-16-14-9-4-2-1-3-5-9/h1-8H,(H,14,15). The normalized spacial score (nSPS) is 10.6. The minimum atomic E-state index is -0.519. The second-order valence-corrected chi connectivity index (χ2v) is 3.98. The molecular weight excluding hydrogens is 268 g/mol. The first-order valence-electron chi connectivity index (χ1n) is 5.32. The van der Waals surface area contributed by atoms with E-state index in [1.165, 1.54) is 18.2 Å². The van der Waals surface area contributed by atoms with Crippen molar-refractivity contribution < 1.29 is 4.92 Å². The average Bonchev–Trinajstić information content (AvgIpc) is 2.41. The molecule has 0 unspecified atom stereocenters. The molecule has 0 aliphatic rings. The molecule has 0 radical (unpaired) electrons. The van der Waals surface area contributed by atoms with Gasteiger partial charge in [-0.1, -0.05) is 35.0 Å². The zero-order valence-corrected chi connectivity index (χ0v) is 10.4. The molecule has 0 amide bonds.